The highest BCUT2D eigenvalue weighted by Gasteiger charge is 2.27. The summed E-state index contributed by atoms with van der Waals surface area (Å²) in [6.07, 6.45) is -0.136. The van der Waals surface area contributed by atoms with Gasteiger partial charge in [-0.1, -0.05) is 24.3 Å². The highest BCUT2D eigenvalue weighted by atomic mass is 16.5. The number of carbonyl (C=O) groups excluding carboxylic acids is 1. The Morgan fingerprint density at radius 2 is 1.83 bits per heavy atom. The first kappa shape index (κ1) is 16.3. The Hall–Kier alpha value is -2.53. The Labute approximate surface area is 141 Å². The van der Waals surface area contributed by atoms with E-state index in [-0.39, 0.29) is 12.0 Å². The summed E-state index contributed by atoms with van der Waals surface area (Å²) < 4.78 is 16.3. The van der Waals surface area contributed by atoms with Crippen LogP contribution in [0.15, 0.2) is 48.5 Å². The van der Waals surface area contributed by atoms with E-state index >= 15 is 0 Å². The van der Waals surface area contributed by atoms with Crippen molar-refractivity contribution in [2.24, 2.45) is 0 Å². The van der Waals surface area contributed by atoms with Gasteiger partial charge < -0.3 is 19.1 Å². The maximum Gasteiger partial charge on any atom is 0.257 e. The van der Waals surface area contributed by atoms with Gasteiger partial charge in [-0.25, -0.2) is 0 Å². The molecule has 1 aliphatic heterocycles. The minimum Gasteiger partial charge on any atom is -0.497 e. The number of ether oxygens (including phenoxy) is 3. The summed E-state index contributed by atoms with van der Waals surface area (Å²) >= 11 is 0. The van der Waals surface area contributed by atoms with Gasteiger partial charge in [0, 0.05) is 6.54 Å². The van der Waals surface area contributed by atoms with Gasteiger partial charge in [0.2, 0.25) is 0 Å². The van der Waals surface area contributed by atoms with Crippen LogP contribution in [0.2, 0.25) is 0 Å². The van der Waals surface area contributed by atoms with E-state index in [2.05, 4.69) is 0 Å². The Balaban J connectivity index is 1.76. The Morgan fingerprint density at radius 3 is 2.54 bits per heavy atom. The lowest BCUT2D eigenvalue weighted by Crippen LogP contribution is -2.42. The maximum absolute atomic E-state index is 12.8. The molecule has 1 unspecified atom stereocenters. The van der Waals surface area contributed by atoms with Gasteiger partial charge in [0.25, 0.3) is 5.91 Å². The molecule has 1 atom stereocenters. The van der Waals surface area contributed by atoms with Crippen LogP contribution in [0.5, 0.6) is 11.5 Å². The molecular weight excluding hydrogens is 306 g/mol. The third-order valence-electron chi connectivity index (χ3n) is 4.18. The Kier molecular flexibility index (Phi) is 5.01. The predicted molar refractivity (Wildman–Crippen MR) is 90.6 cm³/mol. The Bertz CT molecular complexity index is 699. The molecule has 1 aliphatic rings. The second-order valence-corrected chi connectivity index (χ2v) is 5.58. The summed E-state index contributed by atoms with van der Waals surface area (Å²) in [5.74, 6) is 1.36. The van der Waals surface area contributed by atoms with Gasteiger partial charge in [-0.05, 0) is 29.8 Å². The zero-order chi connectivity index (χ0) is 16.9. The average molecular weight is 327 g/mol. The van der Waals surface area contributed by atoms with Crippen molar-refractivity contribution in [1.82, 2.24) is 4.90 Å². The number of morpholine rings is 1. The van der Waals surface area contributed by atoms with Gasteiger partial charge in [0.15, 0.2) is 0 Å². The molecular formula is C19H21NO4. The molecule has 3 rings (SSSR count). The van der Waals surface area contributed by atoms with Crippen LogP contribution >= 0.6 is 0 Å². The van der Waals surface area contributed by atoms with Crippen LogP contribution in [-0.2, 0) is 4.74 Å². The molecule has 1 heterocycles. The van der Waals surface area contributed by atoms with Crippen molar-refractivity contribution in [1.29, 1.82) is 0 Å². The number of amides is 1. The fraction of sp³-hybridized carbons (Fsp3) is 0.316. The molecule has 2 aromatic carbocycles. The summed E-state index contributed by atoms with van der Waals surface area (Å²) in [6, 6.07) is 15.0. The third-order valence-corrected chi connectivity index (χ3v) is 4.18. The van der Waals surface area contributed by atoms with Crippen molar-refractivity contribution in [2.75, 3.05) is 33.9 Å². The first-order valence-corrected chi connectivity index (χ1v) is 7.90. The van der Waals surface area contributed by atoms with Gasteiger partial charge in [-0.3, -0.25) is 4.79 Å². The van der Waals surface area contributed by atoms with E-state index in [9.17, 15) is 4.79 Å². The molecule has 1 fully saturated rings. The SMILES string of the molecule is COc1ccc(C2CN(C(=O)c3ccccc3OC)CCO2)cc1. The van der Waals surface area contributed by atoms with E-state index in [1.807, 2.05) is 41.3 Å². The molecule has 1 amide bonds. The maximum atomic E-state index is 12.8. The zero-order valence-electron chi connectivity index (χ0n) is 13.9. The number of nitrogens with zero attached hydrogens (tertiary/aromatic N) is 1. The molecule has 0 saturated carbocycles. The number of benzene rings is 2. The molecule has 5 nitrogen and oxygen atoms in total. The average Bonchev–Trinajstić information content (AvgIpc) is 2.67. The lowest BCUT2D eigenvalue weighted by Gasteiger charge is -2.33. The van der Waals surface area contributed by atoms with Crippen molar-refractivity contribution in [3.8, 4) is 11.5 Å². The molecule has 126 valence electrons. The van der Waals surface area contributed by atoms with E-state index < -0.39 is 0 Å². The zero-order valence-corrected chi connectivity index (χ0v) is 13.9. The molecule has 0 aliphatic carbocycles. The summed E-state index contributed by atoms with van der Waals surface area (Å²) in [7, 11) is 3.21. The van der Waals surface area contributed by atoms with Crippen LogP contribution in [0.3, 0.4) is 0 Å². The normalized spacial score (nSPS) is 17.4. The number of rotatable bonds is 4. The van der Waals surface area contributed by atoms with E-state index in [0.717, 1.165) is 11.3 Å². The van der Waals surface area contributed by atoms with Crippen LogP contribution in [0.25, 0.3) is 0 Å². The van der Waals surface area contributed by atoms with E-state index in [1.54, 1.807) is 26.4 Å². The standard InChI is InChI=1S/C19H21NO4/c1-22-15-9-7-14(8-10-15)18-13-20(11-12-24-18)19(21)16-5-3-4-6-17(16)23-2/h3-10,18H,11-13H2,1-2H3. The van der Waals surface area contributed by atoms with Crippen molar-refractivity contribution < 1.29 is 19.0 Å². The molecule has 1 saturated heterocycles. The summed E-state index contributed by atoms with van der Waals surface area (Å²) in [4.78, 5) is 14.6. The largest absolute Gasteiger partial charge is 0.497 e. The van der Waals surface area contributed by atoms with Crippen LogP contribution in [0, 0.1) is 0 Å². The molecule has 2 aromatic rings. The monoisotopic (exact) mass is 327 g/mol. The minimum absolute atomic E-state index is 0.0331. The van der Waals surface area contributed by atoms with Crippen molar-refractivity contribution in [3.05, 3.63) is 59.7 Å². The van der Waals surface area contributed by atoms with Crippen molar-refractivity contribution in [3.63, 3.8) is 0 Å². The fourth-order valence-electron chi connectivity index (χ4n) is 2.85. The number of carbonyl (C=O) groups is 1. The predicted octanol–water partition coefficient (Wildman–Crippen LogP) is 2.92. The molecule has 0 radical (unpaired) electrons. The number of hydrogen-bond acceptors (Lipinski definition) is 4. The van der Waals surface area contributed by atoms with Crippen LogP contribution in [0.4, 0.5) is 0 Å². The molecule has 0 spiro atoms. The smallest absolute Gasteiger partial charge is 0.257 e. The van der Waals surface area contributed by atoms with Crippen molar-refractivity contribution >= 4 is 5.91 Å². The van der Waals surface area contributed by atoms with Gasteiger partial charge in [-0.2, -0.15) is 0 Å². The molecule has 0 N–H and O–H groups in total. The lowest BCUT2D eigenvalue weighted by atomic mass is 10.1. The first-order valence-electron chi connectivity index (χ1n) is 7.90. The lowest BCUT2D eigenvalue weighted by molar-refractivity contribution is -0.0229. The molecule has 0 bridgehead atoms. The quantitative estimate of drug-likeness (QED) is 0.866. The summed E-state index contributed by atoms with van der Waals surface area (Å²) in [5, 5.41) is 0. The summed E-state index contributed by atoms with van der Waals surface area (Å²) in [6.45, 7) is 1.60. The van der Waals surface area contributed by atoms with Crippen LogP contribution in [-0.4, -0.2) is 44.7 Å². The van der Waals surface area contributed by atoms with Gasteiger partial charge in [0.1, 0.15) is 17.6 Å². The minimum atomic E-state index is -0.136. The number of methoxy groups -OCH3 is 2. The number of para-hydroxylation sites is 1. The fourth-order valence-corrected chi connectivity index (χ4v) is 2.85. The first-order chi connectivity index (χ1) is 11.7. The van der Waals surface area contributed by atoms with Gasteiger partial charge in [-0.15, -0.1) is 0 Å². The van der Waals surface area contributed by atoms with Crippen LogP contribution < -0.4 is 9.47 Å². The molecule has 0 aromatic heterocycles. The van der Waals surface area contributed by atoms with E-state index in [4.69, 9.17) is 14.2 Å². The Morgan fingerprint density at radius 1 is 1.08 bits per heavy atom. The van der Waals surface area contributed by atoms with E-state index in [0.29, 0.717) is 31.0 Å². The third kappa shape index (κ3) is 3.36. The van der Waals surface area contributed by atoms with Gasteiger partial charge >= 0.3 is 0 Å². The van der Waals surface area contributed by atoms with Crippen molar-refractivity contribution in [2.45, 2.75) is 6.10 Å². The topological polar surface area (TPSA) is 48.0 Å². The molecule has 24 heavy (non-hydrogen) atoms. The van der Waals surface area contributed by atoms with E-state index in [1.165, 1.54) is 0 Å². The van der Waals surface area contributed by atoms with Gasteiger partial charge in [0.05, 0.1) is 32.9 Å². The number of hydrogen-bond donors (Lipinski definition) is 0. The summed E-state index contributed by atoms with van der Waals surface area (Å²) in [5.41, 5.74) is 1.61. The molecule has 5 heteroatoms. The van der Waals surface area contributed by atoms with Crippen LogP contribution in [0.1, 0.15) is 22.0 Å². The second kappa shape index (κ2) is 7.36. The second-order valence-electron chi connectivity index (χ2n) is 5.58. The highest BCUT2D eigenvalue weighted by molar-refractivity contribution is 5.97. The highest BCUT2D eigenvalue weighted by Crippen LogP contribution is 2.26.